The summed E-state index contributed by atoms with van der Waals surface area (Å²) in [5, 5.41) is 14.1. The number of carbonyl (C=O) groups is 2. The Morgan fingerprint density at radius 3 is 2.47 bits per heavy atom. The van der Waals surface area contributed by atoms with E-state index in [9.17, 15) is 9.59 Å². The maximum Gasteiger partial charge on any atom is 0.315 e. The van der Waals surface area contributed by atoms with Crippen molar-refractivity contribution in [1.29, 1.82) is 0 Å². The summed E-state index contributed by atoms with van der Waals surface area (Å²) in [5.41, 5.74) is 0. The van der Waals surface area contributed by atoms with Gasteiger partial charge in [-0.3, -0.25) is 4.79 Å². The molecular formula is C11H22N2O3S. The first-order chi connectivity index (χ1) is 7.99. The zero-order chi connectivity index (χ0) is 13.3. The number of urea groups is 1. The topological polar surface area (TPSA) is 78.4 Å². The Balaban J connectivity index is 3.93. The van der Waals surface area contributed by atoms with Gasteiger partial charge in [-0.2, -0.15) is 11.8 Å². The molecule has 0 spiro atoms. The van der Waals surface area contributed by atoms with Crippen LogP contribution in [0.1, 0.15) is 33.1 Å². The van der Waals surface area contributed by atoms with Crippen LogP contribution < -0.4 is 10.6 Å². The molecule has 2 amide bonds. The van der Waals surface area contributed by atoms with E-state index >= 15 is 0 Å². The summed E-state index contributed by atoms with van der Waals surface area (Å²) >= 11 is 1.73. The summed E-state index contributed by atoms with van der Waals surface area (Å²) in [6, 6.07) is -0.489. The second kappa shape index (κ2) is 9.15. The lowest BCUT2D eigenvalue weighted by Crippen LogP contribution is -2.46. The number of carboxylic acids is 1. The molecule has 3 N–H and O–H groups in total. The number of amides is 2. The van der Waals surface area contributed by atoms with Gasteiger partial charge in [0.05, 0.1) is 6.42 Å². The highest BCUT2D eigenvalue weighted by atomic mass is 32.2. The van der Waals surface area contributed by atoms with E-state index in [-0.39, 0.29) is 24.5 Å². The van der Waals surface area contributed by atoms with Crippen LogP contribution in [-0.2, 0) is 4.79 Å². The van der Waals surface area contributed by atoms with Crippen LogP contribution >= 0.6 is 11.8 Å². The van der Waals surface area contributed by atoms with Crippen LogP contribution in [0.2, 0.25) is 0 Å². The van der Waals surface area contributed by atoms with Crippen molar-refractivity contribution in [3.05, 3.63) is 0 Å². The van der Waals surface area contributed by atoms with Gasteiger partial charge in [-0.15, -0.1) is 0 Å². The van der Waals surface area contributed by atoms with Crippen LogP contribution in [0.5, 0.6) is 0 Å². The SMILES string of the molecule is CCC(CC(=O)O)NC(=O)NC(C)CCSC. The number of carbonyl (C=O) groups excluding carboxylic acids is 1. The smallest absolute Gasteiger partial charge is 0.315 e. The van der Waals surface area contributed by atoms with E-state index < -0.39 is 5.97 Å². The fourth-order valence-electron chi connectivity index (χ4n) is 1.33. The fraction of sp³-hybridized carbons (Fsp3) is 0.818. The van der Waals surface area contributed by atoms with E-state index in [1.807, 2.05) is 20.1 Å². The maximum atomic E-state index is 11.5. The van der Waals surface area contributed by atoms with Gasteiger partial charge >= 0.3 is 12.0 Å². The summed E-state index contributed by atoms with van der Waals surface area (Å²) in [7, 11) is 0. The zero-order valence-corrected chi connectivity index (χ0v) is 11.5. The molecular weight excluding hydrogens is 240 g/mol. The molecule has 0 rings (SSSR count). The molecule has 5 nitrogen and oxygen atoms in total. The molecule has 0 radical (unpaired) electrons. The summed E-state index contributed by atoms with van der Waals surface area (Å²) in [6.45, 7) is 3.79. The molecule has 0 aromatic heterocycles. The summed E-state index contributed by atoms with van der Waals surface area (Å²) in [4.78, 5) is 22.1. The van der Waals surface area contributed by atoms with Crippen LogP contribution in [0.4, 0.5) is 4.79 Å². The second-order valence-electron chi connectivity index (χ2n) is 4.00. The molecule has 0 bridgehead atoms. The van der Waals surface area contributed by atoms with Gasteiger partial charge < -0.3 is 15.7 Å². The molecule has 0 aromatic rings. The van der Waals surface area contributed by atoms with Gasteiger partial charge in [-0.05, 0) is 31.8 Å². The van der Waals surface area contributed by atoms with Crippen molar-refractivity contribution in [2.75, 3.05) is 12.0 Å². The van der Waals surface area contributed by atoms with E-state index in [1.165, 1.54) is 0 Å². The Kier molecular flexibility index (Phi) is 8.66. The first kappa shape index (κ1) is 16.1. The number of aliphatic carboxylic acids is 1. The quantitative estimate of drug-likeness (QED) is 0.622. The van der Waals surface area contributed by atoms with E-state index in [2.05, 4.69) is 10.6 Å². The number of rotatable bonds is 8. The molecule has 2 unspecified atom stereocenters. The zero-order valence-electron chi connectivity index (χ0n) is 10.7. The molecule has 0 aliphatic heterocycles. The molecule has 6 heteroatoms. The number of hydrogen-bond donors (Lipinski definition) is 3. The molecule has 100 valence electrons. The third-order valence-corrected chi connectivity index (χ3v) is 3.03. The molecule has 0 saturated heterocycles. The van der Waals surface area contributed by atoms with Crippen LogP contribution in [0.15, 0.2) is 0 Å². The Bertz CT molecular complexity index is 249. The summed E-state index contributed by atoms with van der Waals surface area (Å²) < 4.78 is 0. The highest BCUT2D eigenvalue weighted by molar-refractivity contribution is 7.98. The minimum absolute atomic E-state index is 0.0386. The van der Waals surface area contributed by atoms with Gasteiger partial charge in [0.25, 0.3) is 0 Å². The van der Waals surface area contributed by atoms with E-state index in [4.69, 9.17) is 5.11 Å². The van der Waals surface area contributed by atoms with Crippen LogP contribution in [0.25, 0.3) is 0 Å². The Morgan fingerprint density at radius 1 is 1.35 bits per heavy atom. The number of nitrogens with one attached hydrogen (secondary N) is 2. The van der Waals surface area contributed by atoms with Crippen molar-refractivity contribution >= 4 is 23.8 Å². The molecule has 0 saturated carbocycles. The average Bonchev–Trinajstić information content (AvgIpc) is 2.24. The third kappa shape index (κ3) is 8.85. The summed E-state index contributed by atoms with van der Waals surface area (Å²) in [5.74, 6) is 0.0981. The third-order valence-electron chi connectivity index (χ3n) is 2.38. The predicted molar refractivity (Wildman–Crippen MR) is 70.5 cm³/mol. The molecule has 2 atom stereocenters. The molecule has 0 fully saturated rings. The van der Waals surface area contributed by atoms with Crippen LogP contribution in [0, 0.1) is 0 Å². The van der Waals surface area contributed by atoms with Gasteiger partial charge in [0.15, 0.2) is 0 Å². The van der Waals surface area contributed by atoms with Gasteiger partial charge in [0, 0.05) is 12.1 Å². The number of carboxylic acid groups (broad SMARTS) is 1. The largest absolute Gasteiger partial charge is 0.481 e. The first-order valence-electron chi connectivity index (χ1n) is 5.77. The van der Waals surface area contributed by atoms with Crippen molar-refractivity contribution in [3.8, 4) is 0 Å². The monoisotopic (exact) mass is 262 g/mol. The molecule has 17 heavy (non-hydrogen) atoms. The predicted octanol–water partition coefficient (Wildman–Crippen LogP) is 1.68. The molecule has 0 aliphatic carbocycles. The van der Waals surface area contributed by atoms with Crippen molar-refractivity contribution < 1.29 is 14.7 Å². The minimum Gasteiger partial charge on any atom is -0.481 e. The van der Waals surface area contributed by atoms with Crippen molar-refractivity contribution in [1.82, 2.24) is 10.6 Å². The van der Waals surface area contributed by atoms with Crippen LogP contribution in [0.3, 0.4) is 0 Å². The van der Waals surface area contributed by atoms with Crippen molar-refractivity contribution in [2.45, 2.75) is 45.2 Å². The standard InChI is InChI=1S/C11H22N2O3S/c1-4-9(7-10(14)15)13-11(16)12-8(2)5-6-17-3/h8-9H,4-7H2,1-3H3,(H,14,15)(H2,12,13,16). The van der Waals surface area contributed by atoms with Crippen LogP contribution in [-0.4, -0.2) is 41.2 Å². The Labute approximate surface area is 107 Å². The van der Waals surface area contributed by atoms with Gasteiger partial charge in [0.2, 0.25) is 0 Å². The molecule has 0 heterocycles. The van der Waals surface area contributed by atoms with E-state index in [1.54, 1.807) is 11.8 Å². The van der Waals surface area contributed by atoms with Gasteiger partial charge in [-0.1, -0.05) is 6.92 Å². The first-order valence-corrected chi connectivity index (χ1v) is 7.16. The average molecular weight is 262 g/mol. The van der Waals surface area contributed by atoms with E-state index in [0.29, 0.717) is 6.42 Å². The highest BCUT2D eigenvalue weighted by Crippen LogP contribution is 2.01. The lowest BCUT2D eigenvalue weighted by atomic mass is 10.1. The molecule has 0 aromatic carbocycles. The number of hydrogen-bond acceptors (Lipinski definition) is 3. The fourth-order valence-corrected chi connectivity index (χ4v) is 1.92. The second-order valence-corrected chi connectivity index (χ2v) is 4.99. The van der Waals surface area contributed by atoms with Gasteiger partial charge in [0.1, 0.15) is 0 Å². The van der Waals surface area contributed by atoms with E-state index in [0.717, 1.165) is 12.2 Å². The minimum atomic E-state index is -0.896. The Morgan fingerprint density at radius 2 is 2.00 bits per heavy atom. The number of thioether (sulfide) groups is 1. The lowest BCUT2D eigenvalue weighted by molar-refractivity contribution is -0.137. The van der Waals surface area contributed by atoms with Gasteiger partial charge in [-0.25, -0.2) is 4.79 Å². The summed E-state index contributed by atoms with van der Waals surface area (Å²) in [6.07, 6.45) is 3.50. The maximum absolute atomic E-state index is 11.5. The Hall–Kier alpha value is -0.910. The van der Waals surface area contributed by atoms with Crippen molar-refractivity contribution in [3.63, 3.8) is 0 Å². The lowest BCUT2D eigenvalue weighted by Gasteiger charge is -2.18. The highest BCUT2D eigenvalue weighted by Gasteiger charge is 2.14. The van der Waals surface area contributed by atoms with Crippen molar-refractivity contribution in [2.24, 2.45) is 0 Å². The molecule has 0 aliphatic rings. The normalized spacial score (nSPS) is 13.8.